The lowest BCUT2D eigenvalue weighted by molar-refractivity contribution is 0.0684. The van der Waals surface area contributed by atoms with Crippen molar-refractivity contribution < 1.29 is 37.3 Å². The number of benzene rings is 2. The number of amides is 2. The van der Waals surface area contributed by atoms with Crippen LogP contribution < -0.4 is 14.8 Å². The number of likely N-dealkylation sites (tertiary alicyclic amines) is 1. The van der Waals surface area contributed by atoms with Gasteiger partial charge in [0.1, 0.15) is 6.61 Å². The minimum absolute atomic E-state index is 0.0511. The van der Waals surface area contributed by atoms with Gasteiger partial charge in [-0.2, -0.15) is 10.6 Å². The third-order valence-corrected chi connectivity index (χ3v) is 14.1. The highest BCUT2D eigenvalue weighted by Crippen LogP contribution is 2.47. The Hall–Kier alpha value is -2.77. The number of methoxy groups -OCH3 is 2. The van der Waals surface area contributed by atoms with Gasteiger partial charge in [-0.25, -0.2) is 4.79 Å². The molecule has 0 bridgehead atoms. The van der Waals surface area contributed by atoms with Gasteiger partial charge in [0, 0.05) is 12.6 Å². The van der Waals surface area contributed by atoms with Gasteiger partial charge in [0.2, 0.25) is 0 Å². The Morgan fingerprint density at radius 1 is 1.07 bits per heavy atom. The van der Waals surface area contributed by atoms with Crippen LogP contribution in [0.2, 0.25) is 18.1 Å². The van der Waals surface area contributed by atoms with Crippen LogP contribution in [0.15, 0.2) is 47.4 Å². The van der Waals surface area contributed by atoms with Gasteiger partial charge in [-0.1, -0.05) is 39.0 Å². The summed E-state index contributed by atoms with van der Waals surface area (Å²) in [6.45, 7) is 11.7. The summed E-state index contributed by atoms with van der Waals surface area (Å²) in [5.74, 6) is 0.253. The molecule has 1 aliphatic rings. The molecule has 0 saturated carbocycles. The predicted molar refractivity (Wildman–Crippen MR) is 164 cm³/mol. The summed E-state index contributed by atoms with van der Waals surface area (Å²) in [7, 11) is -2.19. The maximum atomic E-state index is 13.9. The molecule has 1 aliphatic heterocycles. The van der Waals surface area contributed by atoms with Crippen molar-refractivity contribution >= 4 is 36.6 Å². The van der Waals surface area contributed by atoms with Gasteiger partial charge in [0.25, 0.3) is 5.91 Å². The first kappa shape index (κ1) is 32.7. The number of rotatable bonds is 11. The van der Waals surface area contributed by atoms with Gasteiger partial charge >= 0.3 is 6.09 Å². The highest BCUT2D eigenvalue weighted by atomic mass is 32.3. The number of ether oxygens (including phenoxy) is 3. The van der Waals surface area contributed by atoms with E-state index in [2.05, 4.69) is 39.2 Å². The quantitative estimate of drug-likeness (QED) is 0.241. The van der Waals surface area contributed by atoms with Crippen molar-refractivity contribution in [1.82, 2.24) is 4.90 Å². The van der Waals surface area contributed by atoms with Crippen LogP contribution in [0.1, 0.15) is 44.0 Å². The van der Waals surface area contributed by atoms with E-state index in [0.29, 0.717) is 29.5 Å². The molecule has 1 saturated heterocycles. The van der Waals surface area contributed by atoms with Gasteiger partial charge in [0.05, 0.1) is 48.8 Å². The number of nitrogens with one attached hydrogen (secondary N) is 1. The number of carbonyl (C=O) groups excluding carboxylic acids is 2. The predicted octanol–water partition coefficient (Wildman–Crippen LogP) is 6.69. The normalized spacial score (nSPS) is 16.3. The molecule has 12 heteroatoms. The summed E-state index contributed by atoms with van der Waals surface area (Å²) in [6.07, 6.45) is 0.837. The van der Waals surface area contributed by atoms with Gasteiger partial charge in [-0.3, -0.25) is 19.2 Å². The van der Waals surface area contributed by atoms with Crippen molar-refractivity contribution in [3.8, 4) is 11.5 Å². The molecule has 0 aliphatic carbocycles. The maximum absolute atomic E-state index is 13.9. The van der Waals surface area contributed by atoms with Gasteiger partial charge < -0.3 is 23.5 Å². The zero-order chi connectivity index (χ0) is 30.4. The van der Waals surface area contributed by atoms with Gasteiger partial charge in [-0.05, 0) is 49.2 Å². The number of carbonyl (C=O) groups is 2. The summed E-state index contributed by atoms with van der Waals surface area (Å²) >= 11 is 0. The molecule has 2 aromatic carbocycles. The molecule has 0 radical (unpaired) electrons. The van der Waals surface area contributed by atoms with Crippen molar-refractivity contribution in [3.05, 3.63) is 48.0 Å². The molecule has 3 N–H and O–H groups in total. The van der Waals surface area contributed by atoms with E-state index < -0.39 is 25.0 Å². The van der Waals surface area contributed by atoms with Crippen LogP contribution in [0.5, 0.6) is 11.5 Å². The van der Waals surface area contributed by atoms with Gasteiger partial charge in [-0.15, -0.1) is 0 Å². The number of nitrogens with zero attached hydrogens (tertiary/aromatic N) is 1. The minimum atomic E-state index is -3.12. The van der Waals surface area contributed by atoms with Crippen LogP contribution in [0.3, 0.4) is 0 Å². The van der Waals surface area contributed by atoms with Crippen LogP contribution in [-0.2, 0) is 9.16 Å². The highest BCUT2D eigenvalue weighted by molar-refractivity contribution is 8.24. The third-order valence-electron chi connectivity index (χ3n) is 7.79. The van der Waals surface area contributed by atoms with Crippen LogP contribution in [0.4, 0.5) is 10.5 Å². The molecule has 0 unspecified atom stereocenters. The van der Waals surface area contributed by atoms with Crippen LogP contribution in [0, 0.1) is 0 Å². The fraction of sp³-hybridized carbons (Fsp3) is 0.517. The second kappa shape index (κ2) is 13.5. The first-order valence-electron chi connectivity index (χ1n) is 13.7. The van der Waals surface area contributed by atoms with E-state index in [1.165, 1.54) is 20.3 Å². The average Bonchev–Trinajstić information content (AvgIpc) is 3.40. The second-order valence-electron chi connectivity index (χ2n) is 11.6. The molecule has 2 amide bonds. The Labute approximate surface area is 245 Å². The Bertz CT molecular complexity index is 1200. The molecule has 228 valence electrons. The summed E-state index contributed by atoms with van der Waals surface area (Å²) in [5.41, 5.74) is 0.427. The fourth-order valence-corrected chi connectivity index (χ4v) is 6.45. The highest BCUT2D eigenvalue weighted by Gasteiger charge is 2.39. The molecule has 0 aromatic heterocycles. The van der Waals surface area contributed by atoms with Crippen LogP contribution in [0.25, 0.3) is 0 Å². The van der Waals surface area contributed by atoms with Crippen molar-refractivity contribution in [1.29, 1.82) is 0 Å². The number of anilines is 1. The Kier molecular flexibility index (Phi) is 10.8. The van der Waals surface area contributed by atoms with E-state index in [9.17, 15) is 18.7 Å². The zero-order valence-electron chi connectivity index (χ0n) is 25.1. The lowest BCUT2D eigenvalue weighted by Gasteiger charge is -2.38. The molecular formula is C29H44N2O8SSi. The maximum Gasteiger partial charge on any atom is 0.411 e. The largest absolute Gasteiger partial charge is 0.493 e. The summed E-state index contributed by atoms with van der Waals surface area (Å²) in [6, 6.07) is 11.4. The fourth-order valence-electron chi connectivity index (χ4n) is 4.26. The van der Waals surface area contributed by atoms with Crippen molar-refractivity contribution in [2.75, 3.05) is 45.0 Å². The number of hydrogen-bond acceptors (Lipinski definition) is 8. The van der Waals surface area contributed by atoms with E-state index >= 15 is 0 Å². The summed E-state index contributed by atoms with van der Waals surface area (Å²) in [5, 5.41) is 2.69. The summed E-state index contributed by atoms with van der Waals surface area (Å²) < 4.78 is 43.5. The van der Waals surface area contributed by atoms with E-state index in [4.69, 9.17) is 18.6 Å². The molecule has 1 fully saturated rings. The smallest absolute Gasteiger partial charge is 0.411 e. The Morgan fingerprint density at radius 2 is 1.71 bits per heavy atom. The second-order valence-corrected chi connectivity index (χ2v) is 18.6. The van der Waals surface area contributed by atoms with Crippen molar-refractivity contribution in [2.45, 2.75) is 62.7 Å². The molecule has 3 rings (SSSR count). The lowest BCUT2D eigenvalue weighted by atomic mass is 10.1. The zero-order valence-corrected chi connectivity index (χ0v) is 26.9. The SMILES string of the molecule is COc1cc(NC(=O)OCCS(O)(O)c2ccccc2)c(C(=O)N2CCC[C@H]2CO[Si](C)(C)C(C)(C)C)cc1OC. The molecule has 1 heterocycles. The lowest BCUT2D eigenvalue weighted by Crippen LogP contribution is -2.46. The van der Waals surface area contributed by atoms with Gasteiger partial charge in [0.15, 0.2) is 19.8 Å². The Balaban J connectivity index is 1.76. The molecule has 0 spiro atoms. The molecule has 41 heavy (non-hydrogen) atoms. The Morgan fingerprint density at radius 3 is 2.32 bits per heavy atom. The monoisotopic (exact) mass is 608 g/mol. The average molecular weight is 609 g/mol. The standard InChI is InChI=1S/C29H44N2O8SSi/c1-29(2,3)41(6,7)39-20-21-12-11-15-31(21)27(32)23-18-25(36-4)26(37-5)19-24(23)30-28(33)38-16-17-40(34,35)22-13-9-8-10-14-22/h8-10,13-14,18-19,21,34-35H,11-12,15-17,20H2,1-7H3,(H,30,33)/t21-/m0/s1. The first-order chi connectivity index (χ1) is 19.2. The van der Waals surface area contributed by atoms with E-state index in [0.717, 1.165) is 12.8 Å². The molecular weight excluding hydrogens is 564 g/mol. The molecule has 10 nitrogen and oxygen atoms in total. The first-order valence-corrected chi connectivity index (χ1v) is 18.3. The van der Waals surface area contributed by atoms with Crippen LogP contribution in [-0.4, -0.2) is 80.1 Å². The van der Waals surface area contributed by atoms with E-state index in [-0.39, 0.29) is 40.6 Å². The topological polar surface area (TPSA) is 127 Å². The minimum Gasteiger partial charge on any atom is -0.493 e. The number of hydrogen-bond donors (Lipinski definition) is 3. The van der Waals surface area contributed by atoms with E-state index in [1.54, 1.807) is 41.3 Å². The van der Waals surface area contributed by atoms with Crippen molar-refractivity contribution in [3.63, 3.8) is 0 Å². The van der Waals surface area contributed by atoms with Crippen LogP contribution >= 0.6 is 10.6 Å². The van der Waals surface area contributed by atoms with E-state index in [1.807, 2.05) is 0 Å². The van der Waals surface area contributed by atoms with Crippen molar-refractivity contribution in [2.24, 2.45) is 0 Å². The summed E-state index contributed by atoms with van der Waals surface area (Å²) in [4.78, 5) is 28.8. The third kappa shape index (κ3) is 8.16. The molecule has 1 atom stereocenters. The molecule has 2 aromatic rings.